The summed E-state index contributed by atoms with van der Waals surface area (Å²) >= 11 is 0. The van der Waals surface area contributed by atoms with Crippen molar-refractivity contribution in [1.29, 1.82) is 0 Å². The van der Waals surface area contributed by atoms with Crippen molar-refractivity contribution in [3.8, 4) is 0 Å². The lowest BCUT2D eigenvalue weighted by atomic mass is 10.00. The van der Waals surface area contributed by atoms with Crippen molar-refractivity contribution >= 4 is 23.3 Å². The molecule has 2 aliphatic heterocycles. The smallest absolute Gasteiger partial charge is 0.253 e. The van der Waals surface area contributed by atoms with Crippen LogP contribution < -0.4 is 10.2 Å². The molecule has 0 unspecified atom stereocenters. The van der Waals surface area contributed by atoms with Gasteiger partial charge in [-0.25, -0.2) is 4.98 Å². The Bertz CT molecular complexity index is 800. The summed E-state index contributed by atoms with van der Waals surface area (Å²) in [5, 5.41) is 2.85. The van der Waals surface area contributed by atoms with E-state index in [0.29, 0.717) is 31.5 Å². The van der Waals surface area contributed by atoms with Crippen LogP contribution in [0.3, 0.4) is 0 Å². The molecule has 0 aliphatic carbocycles. The molecule has 1 saturated heterocycles. The number of rotatable bonds is 2. The molecule has 1 N–H and O–H groups in total. The molecule has 2 aliphatic rings. The molecule has 0 saturated carbocycles. The molecule has 0 radical (unpaired) electrons. The number of aryl methyl sites for hydroxylation is 1. The third-order valence-corrected chi connectivity index (χ3v) is 4.69. The summed E-state index contributed by atoms with van der Waals surface area (Å²) in [6, 6.07) is 5.53. The fourth-order valence-electron chi connectivity index (χ4n) is 3.29. The maximum atomic E-state index is 12.8. The van der Waals surface area contributed by atoms with Crippen LogP contribution in [0.25, 0.3) is 0 Å². The van der Waals surface area contributed by atoms with Crippen molar-refractivity contribution in [1.82, 2.24) is 14.9 Å². The maximum absolute atomic E-state index is 12.8. The summed E-state index contributed by atoms with van der Waals surface area (Å²) in [6.07, 6.45) is 6.24. The van der Waals surface area contributed by atoms with Crippen molar-refractivity contribution < 1.29 is 9.59 Å². The van der Waals surface area contributed by atoms with Crippen molar-refractivity contribution in [2.45, 2.75) is 12.8 Å². The molecule has 0 bridgehead atoms. The molecule has 0 atom stereocenters. The lowest BCUT2D eigenvalue weighted by molar-refractivity contribution is -0.116. The van der Waals surface area contributed by atoms with Crippen molar-refractivity contribution in [2.24, 2.45) is 0 Å². The van der Waals surface area contributed by atoms with E-state index in [0.717, 1.165) is 30.2 Å². The predicted molar refractivity (Wildman–Crippen MR) is 93.5 cm³/mol. The fourth-order valence-corrected chi connectivity index (χ4v) is 3.29. The van der Waals surface area contributed by atoms with Gasteiger partial charge in [-0.2, -0.15) is 0 Å². The zero-order valence-corrected chi connectivity index (χ0v) is 13.8. The average molecular weight is 337 g/mol. The van der Waals surface area contributed by atoms with E-state index in [4.69, 9.17) is 0 Å². The number of carbonyl (C=O) groups excluding carboxylic acids is 2. The monoisotopic (exact) mass is 337 g/mol. The molecule has 0 spiro atoms. The van der Waals surface area contributed by atoms with E-state index in [2.05, 4.69) is 20.2 Å². The van der Waals surface area contributed by atoms with E-state index in [1.54, 1.807) is 24.7 Å². The summed E-state index contributed by atoms with van der Waals surface area (Å²) in [5.41, 5.74) is 2.53. The van der Waals surface area contributed by atoms with Crippen LogP contribution in [0.4, 0.5) is 11.5 Å². The van der Waals surface area contributed by atoms with Gasteiger partial charge in [0.1, 0.15) is 5.82 Å². The number of aromatic nitrogens is 2. The Balaban J connectivity index is 1.43. The minimum atomic E-state index is 0.0340. The standard InChI is InChI=1S/C18H19N5O2/c24-17-4-2-13-11-14(1-3-15(13)21-17)18(25)23-9-7-22(8-10-23)16-12-19-5-6-20-16/h1,3,5-6,11-12H,2,4,7-10H2,(H,21,24). The third kappa shape index (κ3) is 3.17. The van der Waals surface area contributed by atoms with Gasteiger partial charge < -0.3 is 15.1 Å². The van der Waals surface area contributed by atoms with Crippen LogP contribution in [0.2, 0.25) is 0 Å². The fraction of sp³-hybridized carbons (Fsp3) is 0.333. The Morgan fingerprint density at radius 2 is 1.92 bits per heavy atom. The van der Waals surface area contributed by atoms with E-state index in [1.165, 1.54) is 0 Å². The highest BCUT2D eigenvalue weighted by molar-refractivity contribution is 5.98. The Kier molecular flexibility index (Phi) is 4.05. The number of fused-ring (bicyclic) bond motifs is 1. The Morgan fingerprint density at radius 3 is 2.68 bits per heavy atom. The molecule has 1 fully saturated rings. The van der Waals surface area contributed by atoms with E-state index in [1.807, 2.05) is 17.0 Å². The van der Waals surface area contributed by atoms with Crippen molar-refractivity contribution in [3.05, 3.63) is 47.9 Å². The second kappa shape index (κ2) is 6.51. The number of carbonyl (C=O) groups is 2. The maximum Gasteiger partial charge on any atom is 0.253 e. The highest BCUT2D eigenvalue weighted by atomic mass is 16.2. The van der Waals surface area contributed by atoms with Gasteiger partial charge in [0.2, 0.25) is 5.91 Å². The Morgan fingerprint density at radius 1 is 1.08 bits per heavy atom. The van der Waals surface area contributed by atoms with Crippen LogP contribution in [-0.4, -0.2) is 52.9 Å². The average Bonchev–Trinajstić information content (AvgIpc) is 2.68. The second-order valence-corrected chi connectivity index (χ2v) is 6.26. The lowest BCUT2D eigenvalue weighted by Gasteiger charge is -2.35. The van der Waals surface area contributed by atoms with Gasteiger partial charge in [-0.15, -0.1) is 0 Å². The van der Waals surface area contributed by atoms with Gasteiger partial charge in [0.15, 0.2) is 0 Å². The summed E-state index contributed by atoms with van der Waals surface area (Å²) in [7, 11) is 0. The van der Waals surface area contributed by atoms with E-state index < -0.39 is 0 Å². The van der Waals surface area contributed by atoms with Crippen LogP contribution in [0.15, 0.2) is 36.8 Å². The van der Waals surface area contributed by atoms with Crippen LogP contribution >= 0.6 is 0 Å². The number of amides is 2. The molecule has 3 heterocycles. The predicted octanol–water partition coefficient (Wildman–Crippen LogP) is 1.32. The summed E-state index contributed by atoms with van der Waals surface area (Å²) in [5.74, 6) is 0.921. The third-order valence-electron chi connectivity index (χ3n) is 4.69. The SMILES string of the molecule is O=C1CCc2cc(C(=O)N3CCN(c4cnccn4)CC3)ccc2N1. The van der Waals surface area contributed by atoms with Gasteiger partial charge >= 0.3 is 0 Å². The summed E-state index contributed by atoms with van der Waals surface area (Å²) in [6.45, 7) is 2.79. The number of nitrogens with one attached hydrogen (secondary N) is 1. The Labute approximate surface area is 145 Å². The van der Waals surface area contributed by atoms with Gasteiger partial charge in [0, 0.05) is 56.2 Å². The molecule has 1 aromatic carbocycles. The van der Waals surface area contributed by atoms with Crippen LogP contribution in [0.1, 0.15) is 22.3 Å². The number of hydrogen-bond donors (Lipinski definition) is 1. The van der Waals surface area contributed by atoms with Crippen LogP contribution in [-0.2, 0) is 11.2 Å². The molecule has 2 aromatic rings. The van der Waals surface area contributed by atoms with Gasteiger partial charge in [0.05, 0.1) is 6.20 Å². The topological polar surface area (TPSA) is 78.4 Å². The largest absolute Gasteiger partial charge is 0.352 e. The van der Waals surface area contributed by atoms with Gasteiger partial charge in [-0.05, 0) is 30.2 Å². The first-order valence-corrected chi connectivity index (χ1v) is 8.44. The highest BCUT2D eigenvalue weighted by Gasteiger charge is 2.24. The normalized spacial score (nSPS) is 17.0. The van der Waals surface area contributed by atoms with E-state index in [-0.39, 0.29) is 11.8 Å². The number of benzene rings is 1. The number of hydrogen-bond acceptors (Lipinski definition) is 5. The van der Waals surface area contributed by atoms with Gasteiger partial charge in [-0.1, -0.05) is 0 Å². The van der Waals surface area contributed by atoms with Gasteiger partial charge in [-0.3, -0.25) is 14.6 Å². The highest BCUT2D eigenvalue weighted by Crippen LogP contribution is 2.24. The molecule has 1 aromatic heterocycles. The molecule has 7 heteroatoms. The summed E-state index contributed by atoms with van der Waals surface area (Å²) in [4.78, 5) is 36.6. The second-order valence-electron chi connectivity index (χ2n) is 6.26. The number of anilines is 2. The van der Waals surface area contributed by atoms with E-state index >= 15 is 0 Å². The first-order chi connectivity index (χ1) is 12.2. The minimum absolute atomic E-state index is 0.0340. The summed E-state index contributed by atoms with van der Waals surface area (Å²) < 4.78 is 0. The van der Waals surface area contributed by atoms with Gasteiger partial charge in [0.25, 0.3) is 5.91 Å². The minimum Gasteiger partial charge on any atom is -0.352 e. The molecule has 4 rings (SSSR count). The molecular weight excluding hydrogens is 318 g/mol. The van der Waals surface area contributed by atoms with E-state index in [9.17, 15) is 9.59 Å². The van der Waals surface area contributed by atoms with Crippen LogP contribution in [0, 0.1) is 0 Å². The Hall–Kier alpha value is -2.96. The molecular formula is C18H19N5O2. The molecule has 2 amide bonds. The lowest BCUT2D eigenvalue weighted by Crippen LogP contribution is -2.49. The number of piperazine rings is 1. The van der Waals surface area contributed by atoms with Crippen molar-refractivity contribution in [2.75, 3.05) is 36.4 Å². The quantitative estimate of drug-likeness (QED) is 0.894. The number of nitrogens with zero attached hydrogens (tertiary/aromatic N) is 4. The first-order valence-electron chi connectivity index (χ1n) is 8.44. The molecule has 128 valence electrons. The first kappa shape index (κ1) is 15.6. The van der Waals surface area contributed by atoms with Crippen molar-refractivity contribution in [3.63, 3.8) is 0 Å². The van der Waals surface area contributed by atoms with Crippen LogP contribution in [0.5, 0.6) is 0 Å². The zero-order valence-electron chi connectivity index (χ0n) is 13.8. The molecule has 25 heavy (non-hydrogen) atoms. The molecule has 7 nitrogen and oxygen atoms in total. The zero-order chi connectivity index (χ0) is 17.2.